The summed E-state index contributed by atoms with van der Waals surface area (Å²) < 4.78 is 0. The molecule has 1 aliphatic heterocycles. The topological polar surface area (TPSA) is 32.3 Å². The van der Waals surface area contributed by atoms with Crippen molar-refractivity contribution >= 4 is 17.7 Å². The van der Waals surface area contributed by atoms with E-state index in [0.717, 1.165) is 17.9 Å². The SMILES string of the molecule is CCSCC(C)N1C(=O)C(C)(CC)NC1C. The molecule has 94 valence electrons. The van der Waals surface area contributed by atoms with Crippen molar-refractivity contribution in [1.82, 2.24) is 10.2 Å². The molecule has 0 aliphatic carbocycles. The minimum atomic E-state index is -0.357. The van der Waals surface area contributed by atoms with Gasteiger partial charge in [-0.05, 0) is 32.9 Å². The summed E-state index contributed by atoms with van der Waals surface area (Å²) in [4.78, 5) is 14.3. The lowest BCUT2D eigenvalue weighted by molar-refractivity contribution is -0.134. The van der Waals surface area contributed by atoms with Gasteiger partial charge < -0.3 is 4.90 Å². The molecule has 1 rings (SSSR count). The van der Waals surface area contributed by atoms with Crippen LogP contribution in [0, 0.1) is 0 Å². The first-order chi connectivity index (χ1) is 7.46. The fourth-order valence-electron chi connectivity index (χ4n) is 2.26. The predicted octanol–water partition coefficient (Wildman–Crippen LogP) is 2.07. The Morgan fingerprint density at radius 1 is 1.56 bits per heavy atom. The average Bonchev–Trinajstić information content (AvgIpc) is 2.47. The van der Waals surface area contributed by atoms with Crippen LogP contribution in [0.25, 0.3) is 0 Å². The first kappa shape index (κ1) is 13.8. The zero-order valence-electron chi connectivity index (χ0n) is 11.0. The number of nitrogens with zero attached hydrogens (tertiary/aromatic N) is 1. The Bertz CT molecular complexity index is 259. The molecule has 0 aromatic heterocycles. The van der Waals surface area contributed by atoms with Crippen LogP contribution >= 0.6 is 11.8 Å². The van der Waals surface area contributed by atoms with Crippen LogP contribution < -0.4 is 5.32 Å². The Hall–Kier alpha value is -0.220. The standard InChI is InChI=1S/C12H24N2OS/c1-6-12(5)11(15)14(10(4)13-12)9(3)8-16-7-2/h9-10,13H,6-8H2,1-5H3. The minimum Gasteiger partial charge on any atom is -0.322 e. The molecule has 0 radical (unpaired) electrons. The fourth-order valence-corrected chi connectivity index (χ4v) is 2.99. The summed E-state index contributed by atoms with van der Waals surface area (Å²) in [5, 5.41) is 3.40. The summed E-state index contributed by atoms with van der Waals surface area (Å²) in [5.41, 5.74) is -0.357. The molecule has 1 amide bonds. The van der Waals surface area contributed by atoms with Gasteiger partial charge in [0.05, 0.1) is 11.7 Å². The summed E-state index contributed by atoms with van der Waals surface area (Å²) in [6.07, 6.45) is 1.00. The smallest absolute Gasteiger partial charge is 0.244 e. The lowest BCUT2D eigenvalue weighted by atomic mass is 9.99. The fraction of sp³-hybridized carbons (Fsp3) is 0.917. The second-order valence-corrected chi connectivity index (χ2v) is 6.05. The van der Waals surface area contributed by atoms with Gasteiger partial charge in [-0.2, -0.15) is 11.8 Å². The number of carbonyl (C=O) groups is 1. The highest BCUT2D eigenvalue weighted by atomic mass is 32.2. The van der Waals surface area contributed by atoms with Gasteiger partial charge >= 0.3 is 0 Å². The second-order valence-electron chi connectivity index (χ2n) is 4.73. The number of hydrogen-bond donors (Lipinski definition) is 1. The average molecular weight is 244 g/mol. The summed E-state index contributed by atoms with van der Waals surface area (Å²) in [6.45, 7) is 10.4. The molecule has 1 heterocycles. The third-order valence-electron chi connectivity index (χ3n) is 3.40. The highest BCUT2D eigenvalue weighted by Gasteiger charge is 2.46. The van der Waals surface area contributed by atoms with Crippen molar-refractivity contribution in [3.8, 4) is 0 Å². The van der Waals surface area contributed by atoms with Crippen LogP contribution in [-0.2, 0) is 4.79 Å². The molecule has 4 heteroatoms. The van der Waals surface area contributed by atoms with Crippen molar-refractivity contribution in [2.75, 3.05) is 11.5 Å². The van der Waals surface area contributed by atoms with E-state index in [-0.39, 0.29) is 17.6 Å². The maximum absolute atomic E-state index is 12.3. The van der Waals surface area contributed by atoms with Gasteiger partial charge in [0.1, 0.15) is 0 Å². The molecule has 0 bridgehead atoms. The summed E-state index contributed by atoms with van der Waals surface area (Å²) in [5.74, 6) is 2.39. The number of amides is 1. The molecule has 0 spiro atoms. The molecule has 3 nitrogen and oxygen atoms in total. The van der Waals surface area contributed by atoms with E-state index >= 15 is 0 Å². The van der Waals surface area contributed by atoms with E-state index in [0.29, 0.717) is 6.04 Å². The molecule has 3 atom stereocenters. The predicted molar refractivity (Wildman–Crippen MR) is 70.6 cm³/mol. The van der Waals surface area contributed by atoms with Crippen molar-refractivity contribution in [2.24, 2.45) is 0 Å². The molecule has 3 unspecified atom stereocenters. The van der Waals surface area contributed by atoms with Gasteiger partial charge in [0.2, 0.25) is 5.91 Å². The monoisotopic (exact) mass is 244 g/mol. The molecular formula is C12H24N2OS. The maximum atomic E-state index is 12.3. The Morgan fingerprint density at radius 2 is 2.19 bits per heavy atom. The Balaban J connectivity index is 2.70. The summed E-state index contributed by atoms with van der Waals surface area (Å²) in [7, 11) is 0. The van der Waals surface area contributed by atoms with E-state index < -0.39 is 0 Å². The van der Waals surface area contributed by atoms with Crippen LogP contribution in [0.1, 0.15) is 41.0 Å². The van der Waals surface area contributed by atoms with Crippen LogP contribution in [0.3, 0.4) is 0 Å². The molecule has 1 aliphatic rings. The molecule has 1 saturated heterocycles. The first-order valence-corrected chi connectivity index (χ1v) is 7.30. The van der Waals surface area contributed by atoms with E-state index in [1.54, 1.807) is 0 Å². The van der Waals surface area contributed by atoms with E-state index in [9.17, 15) is 4.79 Å². The van der Waals surface area contributed by atoms with Crippen molar-refractivity contribution in [3.05, 3.63) is 0 Å². The van der Waals surface area contributed by atoms with Crippen molar-refractivity contribution < 1.29 is 4.79 Å². The molecular weight excluding hydrogens is 220 g/mol. The van der Waals surface area contributed by atoms with Crippen LogP contribution in [0.15, 0.2) is 0 Å². The summed E-state index contributed by atoms with van der Waals surface area (Å²) >= 11 is 1.89. The zero-order valence-corrected chi connectivity index (χ0v) is 11.9. The number of hydrogen-bond acceptors (Lipinski definition) is 3. The van der Waals surface area contributed by atoms with E-state index in [1.807, 2.05) is 23.6 Å². The summed E-state index contributed by atoms with van der Waals surface area (Å²) in [6, 6.07) is 0.313. The maximum Gasteiger partial charge on any atom is 0.244 e. The van der Waals surface area contributed by atoms with E-state index in [4.69, 9.17) is 0 Å². The third kappa shape index (κ3) is 2.54. The van der Waals surface area contributed by atoms with Crippen LogP contribution in [0.5, 0.6) is 0 Å². The van der Waals surface area contributed by atoms with Gasteiger partial charge in [-0.1, -0.05) is 13.8 Å². The molecule has 16 heavy (non-hydrogen) atoms. The highest BCUT2D eigenvalue weighted by Crippen LogP contribution is 2.26. The van der Waals surface area contributed by atoms with Crippen LogP contribution in [-0.4, -0.2) is 40.1 Å². The van der Waals surface area contributed by atoms with Gasteiger partial charge in [0, 0.05) is 11.8 Å². The molecule has 1 N–H and O–H groups in total. The largest absolute Gasteiger partial charge is 0.322 e. The number of carbonyl (C=O) groups excluding carboxylic acids is 1. The van der Waals surface area contributed by atoms with Gasteiger partial charge in [-0.15, -0.1) is 0 Å². The highest BCUT2D eigenvalue weighted by molar-refractivity contribution is 7.99. The van der Waals surface area contributed by atoms with E-state index in [2.05, 4.69) is 33.0 Å². The Morgan fingerprint density at radius 3 is 2.62 bits per heavy atom. The Kier molecular flexibility index (Phi) is 4.68. The molecule has 0 aromatic carbocycles. The first-order valence-electron chi connectivity index (χ1n) is 6.14. The Labute approximate surface area is 103 Å². The number of nitrogens with one attached hydrogen (secondary N) is 1. The van der Waals surface area contributed by atoms with Gasteiger partial charge in [0.15, 0.2) is 0 Å². The van der Waals surface area contributed by atoms with Crippen molar-refractivity contribution in [2.45, 2.75) is 58.8 Å². The van der Waals surface area contributed by atoms with E-state index in [1.165, 1.54) is 0 Å². The lowest BCUT2D eigenvalue weighted by Gasteiger charge is -2.28. The van der Waals surface area contributed by atoms with Crippen LogP contribution in [0.2, 0.25) is 0 Å². The molecule has 0 saturated carbocycles. The van der Waals surface area contributed by atoms with Crippen molar-refractivity contribution in [3.63, 3.8) is 0 Å². The number of rotatable bonds is 5. The molecule has 1 fully saturated rings. The second kappa shape index (κ2) is 5.41. The normalized spacial score (nSPS) is 32.2. The lowest BCUT2D eigenvalue weighted by Crippen LogP contribution is -2.45. The number of thioether (sulfide) groups is 1. The minimum absolute atomic E-state index is 0.157. The van der Waals surface area contributed by atoms with Gasteiger partial charge in [-0.3, -0.25) is 10.1 Å². The molecule has 0 aromatic rings. The van der Waals surface area contributed by atoms with Gasteiger partial charge in [0.25, 0.3) is 0 Å². The quantitative estimate of drug-likeness (QED) is 0.803. The third-order valence-corrected chi connectivity index (χ3v) is 4.52. The van der Waals surface area contributed by atoms with Crippen molar-refractivity contribution in [1.29, 1.82) is 0 Å². The zero-order chi connectivity index (χ0) is 12.3. The van der Waals surface area contributed by atoms with Crippen LogP contribution in [0.4, 0.5) is 0 Å². The van der Waals surface area contributed by atoms with Gasteiger partial charge in [-0.25, -0.2) is 0 Å².